The van der Waals surface area contributed by atoms with Gasteiger partial charge in [-0.05, 0) is 36.2 Å². The van der Waals surface area contributed by atoms with E-state index < -0.39 is 5.92 Å². The third-order valence-electron chi connectivity index (χ3n) is 5.32. The summed E-state index contributed by atoms with van der Waals surface area (Å²) < 4.78 is 5.23. The van der Waals surface area contributed by atoms with Gasteiger partial charge in [0.1, 0.15) is 5.75 Å². The summed E-state index contributed by atoms with van der Waals surface area (Å²) in [6.07, 6.45) is 3.55. The summed E-state index contributed by atoms with van der Waals surface area (Å²) in [5, 5.41) is 9.50. The minimum Gasteiger partial charge on any atom is -0.497 e. The topological polar surface area (TPSA) is 83.0 Å². The number of likely N-dealkylation sites (tertiary alicyclic amines) is 1. The zero-order chi connectivity index (χ0) is 20.8. The van der Waals surface area contributed by atoms with Crippen molar-refractivity contribution in [3.05, 3.63) is 59.9 Å². The van der Waals surface area contributed by atoms with Gasteiger partial charge in [0.2, 0.25) is 11.8 Å². The van der Waals surface area contributed by atoms with E-state index in [1.165, 1.54) is 0 Å². The number of aromatic nitrogens is 1. The molecule has 0 saturated carbocycles. The molecule has 1 fully saturated rings. The van der Waals surface area contributed by atoms with Crippen molar-refractivity contribution in [2.24, 2.45) is 5.92 Å². The Morgan fingerprint density at radius 3 is 2.66 bits per heavy atom. The second-order valence-electron chi connectivity index (χ2n) is 7.05. The monoisotopic (exact) mass is 397 g/mol. The van der Waals surface area contributed by atoms with E-state index in [9.17, 15) is 14.7 Å². The first-order valence-corrected chi connectivity index (χ1v) is 9.81. The van der Waals surface area contributed by atoms with Crippen LogP contribution in [0.3, 0.4) is 0 Å². The molecule has 1 aliphatic heterocycles. The number of carbonyl (C=O) groups is 2. The van der Waals surface area contributed by atoms with E-state index in [0.717, 1.165) is 16.9 Å². The van der Waals surface area contributed by atoms with Crippen molar-refractivity contribution in [3.63, 3.8) is 0 Å². The molecule has 29 heavy (non-hydrogen) atoms. The zero-order valence-corrected chi connectivity index (χ0v) is 16.8. The van der Waals surface area contributed by atoms with Crippen molar-refractivity contribution in [3.8, 4) is 5.75 Å². The highest BCUT2D eigenvalue weighted by Crippen LogP contribution is 2.39. The van der Waals surface area contributed by atoms with Crippen LogP contribution >= 0.6 is 0 Å². The second kappa shape index (κ2) is 9.52. The van der Waals surface area contributed by atoms with Gasteiger partial charge in [0.25, 0.3) is 0 Å². The Bertz CT molecular complexity index is 826. The molecular weight excluding hydrogens is 370 g/mol. The molecule has 1 aromatic heterocycles. The van der Waals surface area contributed by atoms with Gasteiger partial charge in [0, 0.05) is 38.4 Å². The summed E-state index contributed by atoms with van der Waals surface area (Å²) in [6.45, 7) is 2.86. The largest absolute Gasteiger partial charge is 0.497 e. The molecule has 0 aliphatic carbocycles. The highest BCUT2D eigenvalue weighted by atomic mass is 16.5. The van der Waals surface area contributed by atoms with Crippen LogP contribution in [0, 0.1) is 5.92 Å². The lowest BCUT2D eigenvalue weighted by atomic mass is 9.92. The maximum atomic E-state index is 13.4. The molecule has 0 bridgehead atoms. The molecular formula is C22H27N3O4. The summed E-state index contributed by atoms with van der Waals surface area (Å²) in [5.41, 5.74) is 1.79. The molecule has 2 amide bonds. The smallest absolute Gasteiger partial charge is 0.229 e. The molecule has 0 unspecified atom stereocenters. The highest BCUT2D eigenvalue weighted by Gasteiger charge is 2.45. The molecule has 2 heterocycles. The number of rotatable bonds is 8. The Hall–Kier alpha value is -2.93. The van der Waals surface area contributed by atoms with Gasteiger partial charge >= 0.3 is 0 Å². The number of hydrogen-bond donors (Lipinski definition) is 1. The van der Waals surface area contributed by atoms with Crippen molar-refractivity contribution >= 4 is 11.8 Å². The Morgan fingerprint density at radius 2 is 2.07 bits per heavy atom. The van der Waals surface area contributed by atoms with Crippen molar-refractivity contribution in [2.75, 3.05) is 26.8 Å². The normalized spacial score (nSPS) is 18.7. The van der Waals surface area contributed by atoms with Gasteiger partial charge < -0.3 is 19.6 Å². The Balaban J connectivity index is 1.89. The Kier molecular flexibility index (Phi) is 6.82. The lowest BCUT2D eigenvalue weighted by Gasteiger charge is -2.31. The summed E-state index contributed by atoms with van der Waals surface area (Å²) >= 11 is 0. The SMILES string of the molecule is CCN1C(=O)C[C@@H](C(=O)N(CCO)Cc2cccnc2)[C@@H]1c1ccc(OC)cc1. The van der Waals surface area contributed by atoms with Crippen molar-refractivity contribution < 1.29 is 19.4 Å². The molecule has 2 aromatic rings. The maximum Gasteiger partial charge on any atom is 0.229 e. The number of benzene rings is 1. The molecule has 0 radical (unpaired) electrons. The summed E-state index contributed by atoms with van der Waals surface area (Å²) in [6, 6.07) is 10.9. The average molecular weight is 397 g/mol. The molecule has 2 atom stereocenters. The van der Waals surface area contributed by atoms with Gasteiger partial charge in [-0.25, -0.2) is 0 Å². The van der Waals surface area contributed by atoms with E-state index in [0.29, 0.717) is 13.1 Å². The number of hydrogen-bond acceptors (Lipinski definition) is 5. The summed E-state index contributed by atoms with van der Waals surface area (Å²) in [7, 11) is 1.60. The van der Waals surface area contributed by atoms with E-state index in [1.807, 2.05) is 43.3 Å². The van der Waals surface area contributed by atoms with Crippen molar-refractivity contribution in [2.45, 2.75) is 25.9 Å². The van der Waals surface area contributed by atoms with Gasteiger partial charge in [0.05, 0.1) is 25.7 Å². The van der Waals surface area contributed by atoms with Gasteiger partial charge in [-0.1, -0.05) is 18.2 Å². The van der Waals surface area contributed by atoms with Crippen LogP contribution < -0.4 is 4.74 Å². The second-order valence-corrected chi connectivity index (χ2v) is 7.05. The molecule has 7 nitrogen and oxygen atoms in total. The number of nitrogens with zero attached hydrogens (tertiary/aromatic N) is 3. The molecule has 1 aliphatic rings. The van der Waals surface area contributed by atoms with E-state index in [4.69, 9.17) is 4.74 Å². The predicted molar refractivity (Wildman–Crippen MR) is 108 cm³/mol. The first kappa shape index (κ1) is 20.8. The fraction of sp³-hybridized carbons (Fsp3) is 0.409. The summed E-state index contributed by atoms with van der Waals surface area (Å²) in [4.78, 5) is 33.5. The van der Waals surface area contributed by atoms with Crippen LogP contribution in [0.25, 0.3) is 0 Å². The molecule has 154 valence electrons. The van der Waals surface area contributed by atoms with Crippen molar-refractivity contribution in [1.29, 1.82) is 0 Å². The average Bonchev–Trinajstić information content (AvgIpc) is 3.09. The number of ether oxygens (including phenoxy) is 1. The Morgan fingerprint density at radius 1 is 1.31 bits per heavy atom. The fourth-order valence-corrected chi connectivity index (χ4v) is 3.93. The van der Waals surface area contributed by atoms with Crippen LogP contribution in [0.15, 0.2) is 48.8 Å². The Labute approximate surface area is 170 Å². The number of aliphatic hydroxyl groups is 1. The van der Waals surface area contributed by atoms with E-state index >= 15 is 0 Å². The van der Waals surface area contributed by atoms with Gasteiger partial charge in [-0.15, -0.1) is 0 Å². The maximum absolute atomic E-state index is 13.4. The number of carbonyl (C=O) groups excluding carboxylic acids is 2. The fourth-order valence-electron chi connectivity index (χ4n) is 3.93. The lowest BCUT2D eigenvalue weighted by Crippen LogP contribution is -2.40. The molecule has 1 N–H and O–H groups in total. The van der Waals surface area contributed by atoms with Gasteiger partial charge in [0.15, 0.2) is 0 Å². The third kappa shape index (κ3) is 4.56. The van der Waals surface area contributed by atoms with E-state index in [-0.39, 0.29) is 37.4 Å². The minimum atomic E-state index is -0.501. The number of aliphatic hydroxyl groups excluding tert-OH is 1. The van der Waals surface area contributed by atoms with Crippen LogP contribution in [-0.4, -0.2) is 58.5 Å². The van der Waals surface area contributed by atoms with Gasteiger partial charge in [-0.3, -0.25) is 14.6 Å². The van der Waals surface area contributed by atoms with E-state index in [1.54, 1.807) is 29.3 Å². The van der Waals surface area contributed by atoms with Crippen LogP contribution in [-0.2, 0) is 16.1 Å². The quantitative estimate of drug-likeness (QED) is 0.737. The number of methoxy groups -OCH3 is 1. The molecule has 0 spiro atoms. The van der Waals surface area contributed by atoms with Crippen LogP contribution in [0.5, 0.6) is 5.75 Å². The highest BCUT2D eigenvalue weighted by molar-refractivity contribution is 5.90. The first-order valence-electron chi connectivity index (χ1n) is 9.81. The standard InChI is InChI=1S/C22H27N3O4/c1-3-25-20(27)13-19(21(25)17-6-8-18(29-2)9-7-17)22(28)24(11-12-26)15-16-5-4-10-23-14-16/h4-10,14,19,21,26H,3,11-13,15H2,1-2H3/t19-,21+/m1/s1. The van der Waals surface area contributed by atoms with Crippen LogP contribution in [0.1, 0.15) is 30.5 Å². The lowest BCUT2D eigenvalue weighted by molar-refractivity contribution is -0.137. The predicted octanol–water partition coefficient (Wildman–Crippen LogP) is 2.02. The van der Waals surface area contributed by atoms with Crippen molar-refractivity contribution in [1.82, 2.24) is 14.8 Å². The van der Waals surface area contributed by atoms with E-state index in [2.05, 4.69) is 4.98 Å². The zero-order valence-electron chi connectivity index (χ0n) is 16.8. The summed E-state index contributed by atoms with van der Waals surface area (Å²) in [5.74, 6) is 0.0616. The molecule has 1 saturated heterocycles. The molecule has 1 aromatic carbocycles. The first-order chi connectivity index (χ1) is 14.1. The molecule has 3 rings (SSSR count). The third-order valence-corrected chi connectivity index (χ3v) is 5.32. The van der Waals surface area contributed by atoms with Crippen LogP contribution in [0.4, 0.5) is 0 Å². The number of pyridine rings is 1. The van der Waals surface area contributed by atoms with Crippen LogP contribution in [0.2, 0.25) is 0 Å². The van der Waals surface area contributed by atoms with Gasteiger partial charge in [-0.2, -0.15) is 0 Å². The minimum absolute atomic E-state index is 0.0306. The number of amides is 2. The molecule has 7 heteroatoms.